The van der Waals surface area contributed by atoms with Gasteiger partial charge in [-0.2, -0.15) is 22.0 Å². The number of alkyl halides is 5. The van der Waals surface area contributed by atoms with E-state index in [1.165, 1.54) is 5.32 Å². The second-order valence-electron chi connectivity index (χ2n) is 5.22. The van der Waals surface area contributed by atoms with E-state index in [0.29, 0.717) is 0 Å². The summed E-state index contributed by atoms with van der Waals surface area (Å²) >= 11 is 0. The Morgan fingerprint density at radius 3 is 2.14 bits per heavy atom. The van der Waals surface area contributed by atoms with Crippen molar-refractivity contribution in [2.75, 3.05) is 40.3 Å². The molecule has 11 heteroatoms. The minimum absolute atomic E-state index is 0.114. The number of amides is 1. The minimum atomic E-state index is -5.75. The lowest BCUT2D eigenvalue weighted by Gasteiger charge is -2.28. The molecule has 0 unspecified atom stereocenters. The molecule has 0 saturated heterocycles. The van der Waals surface area contributed by atoms with Crippen LogP contribution in [-0.2, 0) is 9.53 Å². The predicted octanol–water partition coefficient (Wildman–Crippen LogP) is 1.46. The zero-order valence-corrected chi connectivity index (χ0v) is 12.0. The quantitative estimate of drug-likeness (QED) is 0.519. The number of carbonyl (C=O) groups excluding carboxylic acids is 1. The fourth-order valence-electron chi connectivity index (χ4n) is 1.23. The number of hydrogen-bond acceptors (Lipinski definition) is 3. The Labute approximate surface area is 123 Å². The van der Waals surface area contributed by atoms with Gasteiger partial charge >= 0.3 is 24.2 Å². The van der Waals surface area contributed by atoms with Gasteiger partial charge in [0.25, 0.3) is 0 Å². The first-order valence-corrected chi connectivity index (χ1v) is 6.16. The van der Waals surface area contributed by atoms with Crippen molar-refractivity contribution < 1.29 is 45.9 Å². The highest BCUT2D eigenvalue weighted by Gasteiger charge is 2.57. The van der Waals surface area contributed by atoms with E-state index in [0.717, 1.165) is 0 Å². The summed E-state index contributed by atoms with van der Waals surface area (Å²) in [4.78, 5) is 21.5. The number of alkyl carbamates (subject to hydrolysis) is 1. The molecule has 0 aliphatic rings. The molecule has 0 bridgehead atoms. The minimum Gasteiger partial charge on any atom is -0.481 e. The molecule has 2 N–H and O–H groups in total. The van der Waals surface area contributed by atoms with E-state index >= 15 is 0 Å². The third-order valence-electron chi connectivity index (χ3n) is 2.73. The van der Waals surface area contributed by atoms with E-state index in [-0.39, 0.29) is 30.6 Å². The number of quaternary nitrogens is 1. The van der Waals surface area contributed by atoms with E-state index in [4.69, 9.17) is 5.11 Å². The fourth-order valence-corrected chi connectivity index (χ4v) is 1.23. The summed E-state index contributed by atoms with van der Waals surface area (Å²) in [5, 5.41) is 9.87. The second-order valence-corrected chi connectivity index (χ2v) is 5.22. The normalized spacial score (nSPS) is 12.9. The van der Waals surface area contributed by atoms with Crippen LogP contribution < -0.4 is 5.32 Å². The van der Waals surface area contributed by atoms with Gasteiger partial charge in [-0.3, -0.25) is 4.79 Å². The Bertz CT molecular complexity index is 398. The summed E-state index contributed by atoms with van der Waals surface area (Å²) in [5.74, 6) is -6.04. The van der Waals surface area contributed by atoms with E-state index in [2.05, 4.69) is 4.74 Å². The SMILES string of the molecule is C[N+](C)(CCOC(=O)NCC(F)(F)C(F)(F)F)CCC(=O)O. The Hall–Kier alpha value is -1.65. The highest BCUT2D eigenvalue weighted by molar-refractivity contribution is 5.67. The average Bonchev–Trinajstić information content (AvgIpc) is 2.32. The number of nitrogens with one attached hydrogen (secondary N) is 1. The molecular formula is C11H18F5N2O4+. The van der Waals surface area contributed by atoms with Crippen molar-refractivity contribution in [1.29, 1.82) is 0 Å². The van der Waals surface area contributed by atoms with Crippen LogP contribution in [0.25, 0.3) is 0 Å². The van der Waals surface area contributed by atoms with Crippen molar-refractivity contribution in [2.24, 2.45) is 0 Å². The molecular weight excluding hydrogens is 319 g/mol. The topological polar surface area (TPSA) is 75.6 Å². The highest BCUT2D eigenvalue weighted by atomic mass is 19.4. The van der Waals surface area contributed by atoms with Crippen molar-refractivity contribution in [3.8, 4) is 0 Å². The van der Waals surface area contributed by atoms with E-state index in [1.807, 2.05) is 0 Å². The smallest absolute Gasteiger partial charge is 0.455 e. The van der Waals surface area contributed by atoms with Gasteiger partial charge in [0.05, 0.1) is 33.6 Å². The number of aliphatic carboxylic acids is 1. The maximum Gasteiger partial charge on any atom is 0.455 e. The number of nitrogens with zero attached hydrogens (tertiary/aromatic N) is 1. The standard InChI is InChI=1S/C11H17F5N2O4/c1-18(2,4-3-8(19)20)5-6-22-9(21)17-7-10(12,13)11(14,15)16/h3-7H2,1-2H3,(H-,17,19,20,21)/p+1. The summed E-state index contributed by atoms with van der Waals surface area (Å²) in [6, 6.07) is 0. The maximum atomic E-state index is 12.5. The number of hydrogen-bond donors (Lipinski definition) is 2. The summed E-state index contributed by atoms with van der Waals surface area (Å²) in [6.07, 6.45) is -7.27. The van der Waals surface area contributed by atoms with Crippen LogP contribution in [0.1, 0.15) is 6.42 Å². The van der Waals surface area contributed by atoms with Crippen molar-refractivity contribution >= 4 is 12.1 Å². The number of ether oxygens (including phenoxy) is 1. The summed E-state index contributed by atoms with van der Waals surface area (Å²) in [5.41, 5.74) is 0. The molecule has 0 saturated carbocycles. The van der Waals surface area contributed by atoms with Crippen molar-refractivity contribution in [3.05, 3.63) is 0 Å². The second kappa shape index (κ2) is 7.56. The van der Waals surface area contributed by atoms with E-state index in [9.17, 15) is 31.5 Å². The molecule has 0 rings (SSSR count). The van der Waals surface area contributed by atoms with E-state index in [1.54, 1.807) is 14.1 Å². The molecule has 0 aromatic carbocycles. The highest BCUT2D eigenvalue weighted by Crippen LogP contribution is 2.34. The van der Waals surface area contributed by atoms with Crippen LogP contribution in [0, 0.1) is 0 Å². The summed E-state index contributed by atoms with van der Waals surface area (Å²) in [7, 11) is 3.31. The number of carboxylic acids is 1. The molecule has 0 aromatic heterocycles. The van der Waals surface area contributed by atoms with Crippen LogP contribution in [0.3, 0.4) is 0 Å². The van der Waals surface area contributed by atoms with Gasteiger partial charge in [0.1, 0.15) is 13.2 Å². The average molecular weight is 337 g/mol. The Morgan fingerprint density at radius 1 is 1.14 bits per heavy atom. The lowest BCUT2D eigenvalue weighted by Crippen LogP contribution is -2.48. The molecule has 0 heterocycles. The van der Waals surface area contributed by atoms with Gasteiger partial charge in [-0.1, -0.05) is 0 Å². The Balaban J connectivity index is 4.08. The van der Waals surface area contributed by atoms with Gasteiger partial charge in [0.15, 0.2) is 0 Å². The number of rotatable bonds is 8. The molecule has 1 amide bonds. The zero-order valence-electron chi connectivity index (χ0n) is 12.0. The molecule has 0 aromatic rings. The van der Waals surface area contributed by atoms with Gasteiger partial charge in [0, 0.05) is 0 Å². The van der Waals surface area contributed by atoms with Gasteiger partial charge in [-0.25, -0.2) is 4.79 Å². The number of carboxylic acid groups (broad SMARTS) is 1. The molecule has 130 valence electrons. The lowest BCUT2D eigenvalue weighted by atomic mass is 10.3. The number of carbonyl (C=O) groups is 2. The summed E-state index contributed by atoms with van der Waals surface area (Å²) in [6.45, 7) is -1.74. The largest absolute Gasteiger partial charge is 0.481 e. The maximum absolute atomic E-state index is 12.5. The van der Waals surface area contributed by atoms with Crippen LogP contribution in [-0.4, -0.2) is 74.1 Å². The molecule has 22 heavy (non-hydrogen) atoms. The van der Waals surface area contributed by atoms with Crippen LogP contribution in [0.4, 0.5) is 26.7 Å². The van der Waals surface area contributed by atoms with Gasteiger partial charge < -0.3 is 19.6 Å². The Morgan fingerprint density at radius 2 is 1.68 bits per heavy atom. The molecule has 6 nitrogen and oxygen atoms in total. The first-order chi connectivity index (χ1) is 9.77. The van der Waals surface area contributed by atoms with Crippen LogP contribution >= 0.6 is 0 Å². The molecule has 0 atom stereocenters. The molecule has 0 aliphatic heterocycles. The third-order valence-corrected chi connectivity index (χ3v) is 2.73. The van der Waals surface area contributed by atoms with Crippen molar-refractivity contribution in [1.82, 2.24) is 5.32 Å². The molecule has 0 fully saturated rings. The molecule has 0 spiro atoms. The monoisotopic (exact) mass is 337 g/mol. The predicted molar refractivity (Wildman–Crippen MR) is 64.4 cm³/mol. The van der Waals surface area contributed by atoms with E-state index < -0.39 is 30.7 Å². The van der Waals surface area contributed by atoms with Gasteiger partial charge in [-0.15, -0.1) is 0 Å². The Kier molecular flexibility index (Phi) is 7.00. The van der Waals surface area contributed by atoms with Crippen LogP contribution in [0.15, 0.2) is 0 Å². The van der Waals surface area contributed by atoms with Gasteiger partial charge in [-0.05, 0) is 0 Å². The fraction of sp³-hybridized carbons (Fsp3) is 0.818. The van der Waals surface area contributed by atoms with Crippen molar-refractivity contribution in [3.63, 3.8) is 0 Å². The van der Waals surface area contributed by atoms with Crippen LogP contribution in [0.2, 0.25) is 0 Å². The van der Waals surface area contributed by atoms with Gasteiger partial charge in [0.2, 0.25) is 0 Å². The lowest BCUT2D eigenvalue weighted by molar-refractivity contribution is -0.889. The first-order valence-electron chi connectivity index (χ1n) is 6.16. The summed E-state index contributed by atoms with van der Waals surface area (Å²) < 4.78 is 65.3. The van der Waals surface area contributed by atoms with Crippen molar-refractivity contribution in [2.45, 2.75) is 18.5 Å². The molecule has 0 radical (unpaired) electrons. The number of likely N-dealkylation sites (N-methyl/N-ethyl adjacent to an activating group) is 1. The first kappa shape index (κ1) is 20.3. The van der Waals surface area contributed by atoms with Crippen LogP contribution in [0.5, 0.6) is 0 Å². The zero-order chi connectivity index (χ0) is 17.6. The number of halogens is 5. The third kappa shape index (κ3) is 7.96. The molecule has 0 aliphatic carbocycles.